The lowest BCUT2D eigenvalue weighted by molar-refractivity contribution is -0.143. The zero-order valence-electron chi connectivity index (χ0n) is 18.7. The van der Waals surface area contributed by atoms with Crippen LogP contribution in [0.3, 0.4) is 0 Å². The zero-order chi connectivity index (χ0) is 25.3. The Labute approximate surface area is 191 Å². The third-order valence-electron chi connectivity index (χ3n) is 4.83. The molecule has 33 heavy (non-hydrogen) atoms. The van der Waals surface area contributed by atoms with E-state index in [1.807, 2.05) is 0 Å². The van der Waals surface area contributed by atoms with Gasteiger partial charge in [-0.05, 0) is 30.5 Å². The van der Waals surface area contributed by atoms with Crippen molar-refractivity contribution in [3.63, 3.8) is 0 Å². The van der Waals surface area contributed by atoms with E-state index >= 15 is 0 Å². The third kappa shape index (κ3) is 8.67. The minimum absolute atomic E-state index is 0.00159. The van der Waals surface area contributed by atoms with Gasteiger partial charge in [0.1, 0.15) is 29.9 Å². The van der Waals surface area contributed by atoms with Crippen molar-refractivity contribution in [1.82, 2.24) is 16.0 Å². The SMILES string of the molecule is CC(C)C(NC(=O)C(N)CO)C(=O)NC(C(=O)NC(Cc1ccc(O)cc1)C(=O)O)C(C)O. The van der Waals surface area contributed by atoms with Crippen molar-refractivity contribution in [1.29, 1.82) is 0 Å². The molecule has 3 amide bonds. The highest BCUT2D eigenvalue weighted by atomic mass is 16.4. The maximum atomic E-state index is 12.7. The Balaban J connectivity index is 2.94. The lowest BCUT2D eigenvalue weighted by Crippen LogP contribution is -2.61. The van der Waals surface area contributed by atoms with Crippen molar-refractivity contribution in [2.24, 2.45) is 11.7 Å². The predicted molar refractivity (Wildman–Crippen MR) is 117 cm³/mol. The van der Waals surface area contributed by atoms with Gasteiger partial charge in [0, 0.05) is 6.42 Å². The Morgan fingerprint density at radius 2 is 1.42 bits per heavy atom. The standard InChI is InChI=1S/C21H32N4O8/c1-10(2)16(24-18(29)14(22)9-26)19(30)25-17(11(3)27)20(31)23-15(21(32)33)8-12-4-6-13(28)7-5-12/h4-7,10-11,14-17,26-28H,8-9,22H2,1-3H3,(H,23,31)(H,24,29)(H,25,30)(H,32,33). The summed E-state index contributed by atoms with van der Waals surface area (Å²) in [6.45, 7) is 3.87. The quantitative estimate of drug-likeness (QED) is 0.167. The summed E-state index contributed by atoms with van der Waals surface area (Å²) in [7, 11) is 0. The Morgan fingerprint density at radius 3 is 1.88 bits per heavy atom. The van der Waals surface area contributed by atoms with Gasteiger partial charge in [-0.1, -0.05) is 26.0 Å². The second kappa shape index (κ2) is 12.7. The second-order valence-electron chi connectivity index (χ2n) is 8.02. The number of carboxylic acid groups (broad SMARTS) is 1. The van der Waals surface area contributed by atoms with Crippen molar-refractivity contribution >= 4 is 23.7 Å². The Morgan fingerprint density at radius 1 is 0.909 bits per heavy atom. The number of nitrogens with one attached hydrogen (secondary N) is 3. The molecule has 5 unspecified atom stereocenters. The first-order chi connectivity index (χ1) is 15.4. The average Bonchev–Trinajstić information content (AvgIpc) is 2.74. The zero-order valence-corrected chi connectivity index (χ0v) is 18.7. The molecule has 0 fully saturated rings. The van der Waals surface area contributed by atoms with Crippen LogP contribution in [-0.4, -0.2) is 81.0 Å². The fraction of sp³-hybridized carbons (Fsp3) is 0.524. The van der Waals surface area contributed by atoms with Crippen molar-refractivity contribution in [2.45, 2.75) is 57.5 Å². The topological polar surface area (TPSA) is 211 Å². The number of phenolic OH excluding ortho intramolecular Hbond substituents is 1. The van der Waals surface area contributed by atoms with E-state index in [1.165, 1.54) is 31.2 Å². The minimum atomic E-state index is -1.51. The smallest absolute Gasteiger partial charge is 0.326 e. The summed E-state index contributed by atoms with van der Waals surface area (Å²) in [5, 5.41) is 44.9. The molecule has 12 nitrogen and oxygen atoms in total. The Bertz CT molecular complexity index is 828. The first kappa shape index (κ1) is 27.8. The van der Waals surface area contributed by atoms with E-state index in [4.69, 9.17) is 10.8 Å². The first-order valence-electron chi connectivity index (χ1n) is 10.3. The number of aliphatic carboxylic acids is 1. The van der Waals surface area contributed by atoms with Crippen LogP contribution in [0.25, 0.3) is 0 Å². The molecule has 1 aromatic carbocycles. The van der Waals surface area contributed by atoms with Gasteiger partial charge in [0.25, 0.3) is 0 Å². The van der Waals surface area contributed by atoms with Crippen molar-refractivity contribution in [3.8, 4) is 5.75 Å². The number of aliphatic hydroxyl groups excluding tert-OH is 2. The number of phenols is 1. The van der Waals surface area contributed by atoms with Crippen LogP contribution < -0.4 is 21.7 Å². The van der Waals surface area contributed by atoms with Gasteiger partial charge in [-0.25, -0.2) is 4.79 Å². The van der Waals surface area contributed by atoms with E-state index in [-0.39, 0.29) is 12.2 Å². The van der Waals surface area contributed by atoms with Gasteiger partial charge in [0.15, 0.2) is 0 Å². The minimum Gasteiger partial charge on any atom is -0.508 e. The molecule has 9 N–H and O–H groups in total. The van der Waals surface area contributed by atoms with Gasteiger partial charge >= 0.3 is 5.97 Å². The number of aromatic hydroxyl groups is 1. The highest BCUT2D eigenvalue weighted by Gasteiger charge is 2.33. The molecular formula is C21H32N4O8. The van der Waals surface area contributed by atoms with E-state index in [1.54, 1.807) is 13.8 Å². The fourth-order valence-corrected chi connectivity index (χ4v) is 2.86. The van der Waals surface area contributed by atoms with Crippen LogP contribution in [0.15, 0.2) is 24.3 Å². The third-order valence-corrected chi connectivity index (χ3v) is 4.83. The summed E-state index contributed by atoms with van der Waals surface area (Å²) in [5.74, 6) is -4.28. The molecule has 0 radical (unpaired) electrons. The molecule has 0 spiro atoms. The fourth-order valence-electron chi connectivity index (χ4n) is 2.86. The molecule has 184 valence electrons. The number of hydrogen-bond donors (Lipinski definition) is 8. The van der Waals surface area contributed by atoms with Crippen molar-refractivity contribution < 1.29 is 39.6 Å². The van der Waals surface area contributed by atoms with Gasteiger partial charge in [-0.15, -0.1) is 0 Å². The van der Waals surface area contributed by atoms with Gasteiger partial charge in [0.05, 0.1) is 12.7 Å². The molecule has 0 aliphatic carbocycles. The number of benzene rings is 1. The number of hydrogen-bond acceptors (Lipinski definition) is 8. The van der Waals surface area contributed by atoms with Crippen molar-refractivity contribution in [3.05, 3.63) is 29.8 Å². The first-order valence-corrected chi connectivity index (χ1v) is 10.3. The van der Waals surface area contributed by atoms with Crippen LogP contribution in [0.5, 0.6) is 5.75 Å². The summed E-state index contributed by atoms with van der Waals surface area (Å²) in [6.07, 6.45) is -1.49. The normalized spacial score (nSPS) is 15.6. The second-order valence-corrected chi connectivity index (χ2v) is 8.02. The predicted octanol–water partition coefficient (Wildman–Crippen LogP) is -2.17. The molecule has 0 aliphatic rings. The highest BCUT2D eigenvalue weighted by molar-refractivity contribution is 5.94. The van der Waals surface area contributed by atoms with Crippen LogP contribution in [0, 0.1) is 5.92 Å². The molecule has 0 heterocycles. The van der Waals surface area contributed by atoms with E-state index in [2.05, 4.69) is 16.0 Å². The molecule has 0 saturated heterocycles. The Hall–Kier alpha value is -3.22. The number of carbonyl (C=O) groups excluding carboxylic acids is 3. The van der Waals surface area contributed by atoms with E-state index in [0.717, 1.165) is 0 Å². The van der Waals surface area contributed by atoms with Gasteiger partial charge in [-0.2, -0.15) is 0 Å². The van der Waals surface area contributed by atoms with Crippen LogP contribution in [0.1, 0.15) is 26.3 Å². The lowest BCUT2D eigenvalue weighted by atomic mass is 10.0. The van der Waals surface area contributed by atoms with Crippen molar-refractivity contribution in [2.75, 3.05) is 6.61 Å². The maximum absolute atomic E-state index is 12.7. The van der Waals surface area contributed by atoms with Gasteiger partial charge in [-0.3, -0.25) is 14.4 Å². The summed E-state index contributed by atoms with van der Waals surface area (Å²) in [5.41, 5.74) is 5.98. The number of carbonyl (C=O) groups is 4. The van der Waals surface area contributed by atoms with Crippen LogP contribution in [0.4, 0.5) is 0 Å². The average molecular weight is 469 g/mol. The summed E-state index contributed by atoms with van der Waals surface area (Å²) in [6, 6.07) is 0.488. The van der Waals surface area contributed by atoms with E-state index in [9.17, 15) is 34.5 Å². The summed E-state index contributed by atoms with van der Waals surface area (Å²) < 4.78 is 0. The maximum Gasteiger partial charge on any atom is 0.326 e. The molecule has 0 saturated carbocycles. The monoisotopic (exact) mass is 468 g/mol. The lowest BCUT2D eigenvalue weighted by Gasteiger charge is -2.28. The number of aliphatic hydroxyl groups is 2. The van der Waals surface area contributed by atoms with Crippen LogP contribution in [0.2, 0.25) is 0 Å². The largest absolute Gasteiger partial charge is 0.508 e. The van der Waals surface area contributed by atoms with Crippen LogP contribution in [-0.2, 0) is 25.6 Å². The van der Waals surface area contributed by atoms with Crippen LogP contribution >= 0.6 is 0 Å². The molecule has 0 aliphatic heterocycles. The number of amides is 3. The molecule has 0 bridgehead atoms. The molecule has 5 atom stereocenters. The summed E-state index contributed by atoms with van der Waals surface area (Å²) >= 11 is 0. The number of carboxylic acids is 1. The molecule has 1 rings (SSSR count). The van der Waals surface area contributed by atoms with Gasteiger partial charge < -0.3 is 42.1 Å². The van der Waals surface area contributed by atoms with Gasteiger partial charge in [0.2, 0.25) is 17.7 Å². The number of rotatable bonds is 12. The molecule has 0 aromatic heterocycles. The van der Waals surface area contributed by atoms with E-state index < -0.39 is 66.5 Å². The molecule has 1 aromatic rings. The van der Waals surface area contributed by atoms with E-state index in [0.29, 0.717) is 5.56 Å². The summed E-state index contributed by atoms with van der Waals surface area (Å²) in [4.78, 5) is 49.1. The highest BCUT2D eigenvalue weighted by Crippen LogP contribution is 2.12. The Kier molecular flexibility index (Phi) is 10.7. The molecule has 12 heteroatoms. The number of nitrogens with two attached hydrogens (primary N) is 1. The molecular weight excluding hydrogens is 436 g/mol.